The van der Waals surface area contributed by atoms with Gasteiger partial charge >= 0.3 is 0 Å². The van der Waals surface area contributed by atoms with Crippen LogP contribution in [-0.4, -0.2) is 20.3 Å². The Labute approximate surface area is 395 Å². The van der Waals surface area contributed by atoms with Gasteiger partial charge in [0.25, 0.3) is 6.71 Å². The molecule has 14 rings (SSSR count). The van der Waals surface area contributed by atoms with E-state index in [1.54, 1.807) is 0 Å². The Bertz CT molecular complexity index is 3380. The normalized spacial score (nSPS) is 20.0. The Kier molecular flexibility index (Phi) is 8.32. The molecule has 2 atom stereocenters. The van der Waals surface area contributed by atoms with Gasteiger partial charge in [0.2, 0.25) is 0 Å². The molecule has 5 aliphatic rings. The van der Waals surface area contributed by atoms with E-state index >= 15 is 0 Å². The summed E-state index contributed by atoms with van der Waals surface area (Å²) in [5.74, 6) is 0. The molecular weight excluding hydrogens is 826 g/mol. The van der Waals surface area contributed by atoms with Gasteiger partial charge in [0.15, 0.2) is 8.07 Å². The third kappa shape index (κ3) is 5.13. The van der Waals surface area contributed by atoms with Gasteiger partial charge in [-0.1, -0.05) is 184 Å². The second-order valence-electron chi connectivity index (χ2n) is 19.9. The average molecular weight is 876 g/mol. The van der Waals surface area contributed by atoms with Crippen molar-refractivity contribution in [2.24, 2.45) is 0 Å². The van der Waals surface area contributed by atoms with Gasteiger partial charge in [-0.15, -0.1) is 0 Å². The van der Waals surface area contributed by atoms with Crippen LogP contribution in [0.4, 0.5) is 45.5 Å². The second-order valence-corrected chi connectivity index (χ2v) is 23.6. The van der Waals surface area contributed by atoms with Crippen LogP contribution in [-0.2, 0) is 5.41 Å². The Morgan fingerprint density at radius 3 is 1.48 bits per heavy atom. The fourth-order valence-electron chi connectivity index (χ4n) is 13.8. The summed E-state index contributed by atoms with van der Waals surface area (Å²) in [4.78, 5) is 8.06. The minimum absolute atomic E-state index is 0.0241. The van der Waals surface area contributed by atoms with E-state index in [4.69, 9.17) is 0 Å². The molecule has 5 heteroatoms. The topological polar surface area (TPSA) is 9.72 Å². The Morgan fingerprint density at radius 2 is 0.881 bits per heavy atom. The predicted molar refractivity (Wildman–Crippen MR) is 286 cm³/mol. The molecule has 0 aromatic heterocycles. The zero-order valence-electron chi connectivity index (χ0n) is 38.0. The fourth-order valence-corrected chi connectivity index (χ4v) is 19.1. The highest BCUT2D eigenvalue weighted by Crippen LogP contribution is 2.61. The molecule has 9 aromatic carbocycles. The molecular formula is C62H50BN3Si. The van der Waals surface area contributed by atoms with Crippen molar-refractivity contribution in [2.75, 3.05) is 14.7 Å². The van der Waals surface area contributed by atoms with Crippen LogP contribution in [0.2, 0.25) is 0 Å². The van der Waals surface area contributed by atoms with Gasteiger partial charge in [-0.05, 0) is 128 Å². The number of anilines is 8. The molecule has 4 aliphatic heterocycles. The number of hydrogen-bond acceptors (Lipinski definition) is 3. The van der Waals surface area contributed by atoms with Gasteiger partial charge in [0, 0.05) is 50.9 Å². The highest BCUT2D eigenvalue weighted by molar-refractivity contribution is 7.27. The van der Waals surface area contributed by atoms with Crippen molar-refractivity contribution in [3.63, 3.8) is 0 Å². The number of nitrogens with zero attached hydrogens (tertiary/aromatic N) is 3. The van der Waals surface area contributed by atoms with Crippen molar-refractivity contribution in [3.05, 3.63) is 224 Å². The van der Waals surface area contributed by atoms with Gasteiger partial charge in [-0.2, -0.15) is 0 Å². The fraction of sp³-hybridized carbons (Fsp3) is 0.129. The van der Waals surface area contributed by atoms with Crippen molar-refractivity contribution in [2.45, 2.75) is 50.5 Å². The van der Waals surface area contributed by atoms with Crippen molar-refractivity contribution < 1.29 is 0 Å². The summed E-state index contributed by atoms with van der Waals surface area (Å²) in [6.07, 6.45) is 4.82. The molecule has 1 fully saturated rings. The third-order valence-electron chi connectivity index (χ3n) is 16.9. The molecule has 0 spiro atoms. The lowest BCUT2D eigenvalue weighted by Gasteiger charge is -2.53. The van der Waals surface area contributed by atoms with Gasteiger partial charge in [-0.25, -0.2) is 0 Å². The molecule has 2 unspecified atom stereocenters. The smallest absolute Gasteiger partial charge is 0.251 e. The SMILES string of the molecule is CC12CCCCC1(C)N(c1cc3c4c(c1)N(c1ccc(-c5ccccc5)cc1)c1cccc5c1B4c1c(cccc1[Si]5(c1ccccc1)c1ccccc1)N3c1ccccc1)c1ccccc12. The van der Waals surface area contributed by atoms with E-state index in [9.17, 15) is 0 Å². The van der Waals surface area contributed by atoms with Crippen LogP contribution < -0.4 is 51.8 Å². The summed E-state index contributed by atoms with van der Waals surface area (Å²) in [6, 6.07) is 83.5. The minimum Gasteiger partial charge on any atom is -0.334 e. The predicted octanol–water partition coefficient (Wildman–Crippen LogP) is 10.9. The maximum absolute atomic E-state index is 2.94. The maximum Gasteiger partial charge on any atom is 0.251 e. The Hall–Kier alpha value is -7.34. The molecule has 0 N–H and O–H groups in total. The van der Waals surface area contributed by atoms with Crippen LogP contribution in [0.25, 0.3) is 11.1 Å². The van der Waals surface area contributed by atoms with Crippen molar-refractivity contribution in [1.82, 2.24) is 0 Å². The van der Waals surface area contributed by atoms with Gasteiger partial charge < -0.3 is 14.7 Å². The van der Waals surface area contributed by atoms with Gasteiger partial charge in [0.1, 0.15) is 0 Å². The zero-order chi connectivity index (χ0) is 44.5. The van der Waals surface area contributed by atoms with E-state index in [0.717, 1.165) is 6.42 Å². The molecule has 4 heterocycles. The van der Waals surface area contributed by atoms with E-state index in [1.807, 2.05) is 0 Å². The number of benzene rings is 9. The standard InChI is InChI=1S/C62H50BN3Si/c1-61-39-17-18-40-62(61,2)66(51-30-16-15-29-50(51)61)47-41-54-58-55(42-47)65(46-37-35-44(36-38-46)43-21-7-3-8-22-43)53-32-20-34-57-60(53)63(58)59-52(64(54)45-23-9-4-10-24-45)31-19-33-56(59)67(57,48-25-11-5-12-26-48)49-27-13-6-14-28-49/h3-16,19-38,41-42H,17-18,39-40H2,1-2H3. The summed E-state index contributed by atoms with van der Waals surface area (Å²) in [7, 11) is -2.94. The van der Waals surface area contributed by atoms with Crippen molar-refractivity contribution in [1.29, 1.82) is 0 Å². The first-order valence-corrected chi connectivity index (χ1v) is 26.3. The van der Waals surface area contributed by atoms with E-state index in [1.165, 1.54) is 119 Å². The monoisotopic (exact) mass is 875 g/mol. The third-order valence-corrected chi connectivity index (χ3v) is 21.7. The molecule has 3 nitrogen and oxygen atoms in total. The van der Waals surface area contributed by atoms with E-state index in [0.29, 0.717) is 0 Å². The van der Waals surface area contributed by atoms with Gasteiger partial charge in [-0.3, -0.25) is 0 Å². The van der Waals surface area contributed by atoms with Crippen molar-refractivity contribution >= 4 is 97.4 Å². The van der Waals surface area contributed by atoms with E-state index < -0.39 is 8.07 Å². The first-order chi connectivity index (χ1) is 33.0. The number of rotatable bonds is 6. The molecule has 9 aromatic rings. The van der Waals surface area contributed by atoms with E-state index in [-0.39, 0.29) is 17.7 Å². The van der Waals surface area contributed by atoms with Crippen molar-refractivity contribution in [3.8, 4) is 11.1 Å². The average Bonchev–Trinajstić information content (AvgIpc) is 3.60. The Balaban J connectivity index is 1.13. The molecule has 1 saturated carbocycles. The summed E-state index contributed by atoms with van der Waals surface area (Å²) >= 11 is 0. The van der Waals surface area contributed by atoms with Crippen LogP contribution in [0.1, 0.15) is 45.1 Å². The molecule has 0 radical (unpaired) electrons. The maximum atomic E-state index is 2.78. The largest absolute Gasteiger partial charge is 0.334 e. The molecule has 0 amide bonds. The van der Waals surface area contributed by atoms with Crippen LogP contribution in [0.5, 0.6) is 0 Å². The summed E-state index contributed by atoms with van der Waals surface area (Å²) in [5, 5.41) is 5.79. The zero-order valence-corrected chi connectivity index (χ0v) is 39.0. The first-order valence-electron chi connectivity index (χ1n) is 24.3. The second kappa shape index (κ2) is 14.3. The van der Waals surface area contributed by atoms with Crippen LogP contribution in [0.15, 0.2) is 218 Å². The molecule has 0 saturated heterocycles. The Morgan fingerprint density at radius 1 is 0.403 bits per heavy atom. The minimum atomic E-state index is -2.94. The van der Waals surface area contributed by atoms with Crippen LogP contribution in [0, 0.1) is 0 Å². The molecule has 67 heavy (non-hydrogen) atoms. The van der Waals surface area contributed by atoms with Gasteiger partial charge in [0.05, 0.1) is 5.54 Å². The summed E-state index contributed by atoms with van der Waals surface area (Å²) < 4.78 is 0. The highest BCUT2D eigenvalue weighted by atomic mass is 28.3. The van der Waals surface area contributed by atoms with Crippen LogP contribution >= 0.6 is 0 Å². The molecule has 0 bridgehead atoms. The lowest BCUT2D eigenvalue weighted by atomic mass is 9.33. The highest BCUT2D eigenvalue weighted by Gasteiger charge is 2.59. The lowest BCUT2D eigenvalue weighted by Crippen LogP contribution is -2.88. The molecule has 1 aliphatic carbocycles. The number of fused-ring (bicyclic) bond motifs is 3. The molecule has 320 valence electrons. The van der Waals surface area contributed by atoms with E-state index in [2.05, 4.69) is 247 Å². The van der Waals surface area contributed by atoms with Crippen LogP contribution in [0.3, 0.4) is 0 Å². The summed E-state index contributed by atoms with van der Waals surface area (Å²) in [6.45, 7) is 5.15. The number of hydrogen-bond donors (Lipinski definition) is 0. The lowest BCUT2D eigenvalue weighted by molar-refractivity contribution is 0.195. The first kappa shape index (κ1) is 38.9. The quantitative estimate of drug-likeness (QED) is 0.154. The summed E-state index contributed by atoms with van der Waals surface area (Å²) in [5.41, 5.74) is 18.2. The number of para-hydroxylation sites is 2.